The normalized spacial score (nSPS) is 26.8. The molecule has 3 nitrogen and oxygen atoms in total. The van der Waals surface area contributed by atoms with Gasteiger partial charge in [0, 0.05) is 13.7 Å². The first-order valence-electron chi connectivity index (χ1n) is 6.60. The van der Waals surface area contributed by atoms with Gasteiger partial charge in [-0.3, -0.25) is 0 Å². The summed E-state index contributed by atoms with van der Waals surface area (Å²) in [6.07, 6.45) is 4.44. The average Bonchev–Trinajstić information content (AvgIpc) is 2.29. The Hall–Kier alpha value is -0.590. The van der Waals surface area contributed by atoms with Crippen LogP contribution in [-0.4, -0.2) is 37.2 Å². The molecule has 0 aromatic carbocycles. The lowest BCUT2D eigenvalue weighted by Gasteiger charge is -2.39. The number of ether oxygens (including phenoxy) is 1. The zero-order valence-corrected chi connectivity index (χ0v) is 11.8. The summed E-state index contributed by atoms with van der Waals surface area (Å²) in [5, 5.41) is 8.97. The molecule has 0 aromatic heterocycles. The van der Waals surface area contributed by atoms with Crippen molar-refractivity contribution in [3.63, 3.8) is 0 Å². The maximum absolute atomic E-state index is 8.97. The van der Waals surface area contributed by atoms with Crippen molar-refractivity contribution in [1.82, 2.24) is 4.90 Å². The van der Waals surface area contributed by atoms with Gasteiger partial charge < -0.3 is 9.64 Å². The average molecular weight is 238 g/mol. The molecule has 0 aliphatic carbocycles. The Morgan fingerprint density at radius 2 is 2.18 bits per heavy atom. The van der Waals surface area contributed by atoms with Gasteiger partial charge in [0.15, 0.2) is 0 Å². The zero-order chi connectivity index (χ0) is 12.9. The summed E-state index contributed by atoms with van der Waals surface area (Å²) in [6.45, 7) is 9.51. The lowest BCUT2D eigenvalue weighted by molar-refractivity contribution is -0.0510. The second kappa shape index (κ2) is 5.84. The molecule has 1 unspecified atom stereocenters. The molecule has 3 heteroatoms. The molecule has 0 aromatic rings. The third-order valence-corrected chi connectivity index (χ3v) is 3.81. The number of rotatable bonds is 5. The van der Waals surface area contributed by atoms with E-state index in [-0.39, 0.29) is 11.0 Å². The van der Waals surface area contributed by atoms with Crippen molar-refractivity contribution in [3.8, 4) is 6.07 Å². The second-order valence-corrected chi connectivity index (χ2v) is 6.13. The quantitative estimate of drug-likeness (QED) is 0.739. The van der Waals surface area contributed by atoms with Gasteiger partial charge in [-0.1, -0.05) is 0 Å². The van der Waals surface area contributed by atoms with Gasteiger partial charge in [0.05, 0.1) is 17.1 Å². The van der Waals surface area contributed by atoms with Crippen molar-refractivity contribution in [2.45, 2.75) is 52.1 Å². The number of methoxy groups -OCH3 is 1. The summed E-state index contributed by atoms with van der Waals surface area (Å²) in [5.41, 5.74) is -0.149. The van der Waals surface area contributed by atoms with Gasteiger partial charge in [-0.15, -0.1) is 0 Å². The van der Waals surface area contributed by atoms with Crippen molar-refractivity contribution >= 4 is 0 Å². The van der Waals surface area contributed by atoms with Crippen LogP contribution in [0.25, 0.3) is 0 Å². The second-order valence-electron chi connectivity index (χ2n) is 6.13. The smallest absolute Gasteiger partial charge is 0.0777 e. The maximum atomic E-state index is 8.97. The largest absolute Gasteiger partial charge is 0.377 e. The standard InChI is InChI=1S/C14H26N2O/c1-13(2,11-15)7-5-9-16-10-6-8-14(3,12-16)17-4/h5-10,12H2,1-4H3. The van der Waals surface area contributed by atoms with E-state index in [0.29, 0.717) is 0 Å². The number of piperidine rings is 1. The minimum atomic E-state index is -0.180. The van der Waals surface area contributed by atoms with E-state index in [9.17, 15) is 0 Å². The fourth-order valence-corrected chi connectivity index (χ4v) is 2.47. The maximum Gasteiger partial charge on any atom is 0.0777 e. The first-order valence-corrected chi connectivity index (χ1v) is 6.60. The van der Waals surface area contributed by atoms with Crippen molar-refractivity contribution in [1.29, 1.82) is 5.26 Å². The van der Waals surface area contributed by atoms with Crippen molar-refractivity contribution in [2.24, 2.45) is 5.41 Å². The van der Waals surface area contributed by atoms with E-state index < -0.39 is 0 Å². The first-order chi connectivity index (χ1) is 7.91. The fraction of sp³-hybridized carbons (Fsp3) is 0.929. The topological polar surface area (TPSA) is 36.3 Å². The number of nitrogens with zero attached hydrogens (tertiary/aromatic N) is 2. The van der Waals surface area contributed by atoms with Crippen LogP contribution in [0.15, 0.2) is 0 Å². The highest BCUT2D eigenvalue weighted by molar-refractivity contribution is 4.92. The molecule has 98 valence electrons. The Labute approximate surface area is 106 Å². The van der Waals surface area contributed by atoms with Crippen molar-refractivity contribution in [2.75, 3.05) is 26.7 Å². The molecule has 1 aliphatic rings. The summed E-state index contributed by atoms with van der Waals surface area (Å²) < 4.78 is 5.58. The number of nitriles is 1. The highest BCUT2D eigenvalue weighted by Gasteiger charge is 2.30. The van der Waals surface area contributed by atoms with Gasteiger partial charge in [-0.25, -0.2) is 0 Å². The van der Waals surface area contributed by atoms with E-state index in [2.05, 4.69) is 17.9 Å². The summed E-state index contributed by atoms with van der Waals surface area (Å²) in [7, 11) is 1.81. The molecule has 0 spiro atoms. The van der Waals surface area contributed by atoms with E-state index in [1.807, 2.05) is 21.0 Å². The predicted molar refractivity (Wildman–Crippen MR) is 69.7 cm³/mol. The highest BCUT2D eigenvalue weighted by atomic mass is 16.5. The van der Waals surface area contributed by atoms with Crippen LogP contribution in [-0.2, 0) is 4.74 Å². The van der Waals surface area contributed by atoms with Gasteiger partial charge >= 0.3 is 0 Å². The zero-order valence-electron chi connectivity index (χ0n) is 11.8. The van der Waals surface area contributed by atoms with Crippen LogP contribution in [0.2, 0.25) is 0 Å². The van der Waals surface area contributed by atoms with Gasteiger partial charge in [0.2, 0.25) is 0 Å². The first kappa shape index (κ1) is 14.5. The summed E-state index contributed by atoms with van der Waals surface area (Å²) >= 11 is 0. The Kier molecular flexibility index (Phi) is 4.97. The SMILES string of the molecule is COC1(C)CCCN(CCCC(C)(C)C#N)C1. The van der Waals surface area contributed by atoms with Crippen molar-refractivity contribution in [3.05, 3.63) is 0 Å². The molecule has 0 amide bonds. The molecule has 1 rings (SSSR count). The van der Waals surface area contributed by atoms with Gasteiger partial charge in [0.25, 0.3) is 0 Å². The van der Waals surface area contributed by atoms with Crippen LogP contribution in [0.3, 0.4) is 0 Å². The molecule has 1 heterocycles. The summed E-state index contributed by atoms with van der Waals surface area (Å²) in [5.74, 6) is 0. The molecule has 17 heavy (non-hydrogen) atoms. The van der Waals surface area contributed by atoms with E-state index in [4.69, 9.17) is 10.00 Å². The van der Waals surface area contributed by atoms with Crippen LogP contribution >= 0.6 is 0 Å². The molecular formula is C14H26N2O. The third-order valence-electron chi connectivity index (χ3n) is 3.81. The Morgan fingerprint density at radius 1 is 1.47 bits per heavy atom. The fourth-order valence-electron chi connectivity index (χ4n) is 2.47. The predicted octanol–water partition coefficient (Wildman–Crippen LogP) is 2.82. The molecule has 0 saturated carbocycles. The molecule has 0 N–H and O–H groups in total. The van der Waals surface area contributed by atoms with Crippen LogP contribution in [0.5, 0.6) is 0 Å². The highest BCUT2D eigenvalue weighted by Crippen LogP contribution is 2.25. The number of hydrogen-bond acceptors (Lipinski definition) is 3. The Balaban J connectivity index is 2.31. The molecule has 0 radical (unpaired) electrons. The van der Waals surface area contributed by atoms with E-state index in [1.54, 1.807) is 0 Å². The van der Waals surface area contributed by atoms with Crippen molar-refractivity contribution < 1.29 is 4.74 Å². The van der Waals surface area contributed by atoms with Gasteiger partial charge in [-0.2, -0.15) is 5.26 Å². The molecule has 1 atom stereocenters. The van der Waals surface area contributed by atoms with Crippen LogP contribution in [0, 0.1) is 16.7 Å². The molecular weight excluding hydrogens is 212 g/mol. The van der Waals surface area contributed by atoms with Gasteiger partial charge in [0.1, 0.15) is 0 Å². The number of likely N-dealkylation sites (tertiary alicyclic amines) is 1. The lowest BCUT2D eigenvalue weighted by atomic mass is 9.89. The molecule has 1 fully saturated rings. The van der Waals surface area contributed by atoms with Crippen LogP contribution in [0.1, 0.15) is 46.5 Å². The van der Waals surface area contributed by atoms with E-state index >= 15 is 0 Å². The van der Waals surface area contributed by atoms with Crippen LogP contribution < -0.4 is 0 Å². The minimum Gasteiger partial charge on any atom is -0.377 e. The monoisotopic (exact) mass is 238 g/mol. The van der Waals surface area contributed by atoms with E-state index in [0.717, 1.165) is 32.4 Å². The molecule has 1 aliphatic heterocycles. The van der Waals surface area contributed by atoms with Crippen LogP contribution in [0.4, 0.5) is 0 Å². The van der Waals surface area contributed by atoms with Gasteiger partial charge in [-0.05, 0) is 59.5 Å². The third kappa shape index (κ3) is 4.65. The number of hydrogen-bond donors (Lipinski definition) is 0. The molecule has 1 saturated heterocycles. The Morgan fingerprint density at radius 3 is 2.76 bits per heavy atom. The summed E-state index contributed by atoms with van der Waals surface area (Å²) in [4.78, 5) is 2.47. The molecule has 0 bridgehead atoms. The Bertz CT molecular complexity index is 282. The lowest BCUT2D eigenvalue weighted by Crippen LogP contribution is -2.47. The summed E-state index contributed by atoms with van der Waals surface area (Å²) in [6, 6.07) is 2.36. The minimum absolute atomic E-state index is 0.0308. The van der Waals surface area contributed by atoms with E-state index in [1.165, 1.54) is 13.0 Å².